The quantitative estimate of drug-likeness (QED) is 0.789. The molecule has 1 heterocycles. The summed E-state index contributed by atoms with van der Waals surface area (Å²) in [7, 11) is 0. The molecule has 1 aliphatic rings. The minimum Gasteiger partial charge on any atom is -0.314 e. The molecule has 0 aliphatic heterocycles. The van der Waals surface area contributed by atoms with Gasteiger partial charge in [-0.05, 0) is 50.5 Å². The van der Waals surface area contributed by atoms with Crippen molar-refractivity contribution in [2.24, 2.45) is 11.8 Å². The van der Waals surface area contributed by atoms with E-state index in [9.17, 15) is 0 Å². The van der Waals surface area contributed by atoms with Crippen LogP contribution in [0.3, 0.4) is 0 Å². The topological polar surface area (TPSA) is 42.7 Å². The third-order valence-corrected chi connectivity index (χ3v) is 4.18. The van der Waals surface area contributed by atoms with Gasteiger partial charge in [-0.15, -0.1) is 5.10 Å². The Bertz CT molecular complexity index is 313. The van der Waals surface area contributed by atoms with E-state index in [1.807, 2.05) is 10.9 Å². The molecule has 0 aromatic carbocycles. The summed E-state index contributed by atoms with van der Waals surface area (Å²) in [5, 5.41) is 11.5. The molecular weight excluding hydrogens is 224 g/mol. The molecule has 0 amide bonds. The predicted molar refractivity (Wildman–Crippen MR) is 73.2 cm³/mol. The van der Waals surface area contributed by atoms with Gasteiger partial charge in [-0.1, -0.05) is 19.1 Å². The third-order valence-electron chi connectivity index (χ3n) is 4.18. The fourth-order valence-electron chi connectivity index (χ4n) is 2.89. The molecule has 1 aromatic rings. The molecule has 1 N–H and O–H groups in total. The Balaban J connectivity index is 1.55. The smallest absolute Gasteiger partial charge is 0.0692 e. The molecule has 4 nitrogen and oxygen atoms in total. The first-order chi connectivity index (χ1) is 8.75. The van der Waals surface area contributed by atoms with Crippen LogP contribution in [0.2, 0.25) is 0 Å². The van der Waals surface area contributed by atoms with Gasteiger partial charge in [-0.3, -0.25) is 4.68 Å². The van der Waals surface area contributed by atoms with E-state index in [4.69, 9.17) is 0 Å². The van der Waals surface area contributed by atoms with Crippen LogP contribution in [0, 0.1) is 11.8 Å². The Morgan fingerprint density at radius 1 is 1.28 bits per heavy atom. The molecule has 4 heteroatoms. The number of nitrogens with one attached hydrogen (secondary N) is 1. The molecule has 0 spiro atoms. The minimum absolute atomic E-state index is 0.746. The fraction of sp³-hybridized carbons (Fsp3) is 0.857. The van der Waals surface area contributed by atoms with Crippen molar-refractivity contribution >= 4 is 0 Å². The van der Waals surface area contributed by atoms with Crippen LogP contribution in [-0.4, -0.2) is 27.6 Å². The van der Waals surface area contributed by atoms with E-state index in [1.54, 1.807) is 6.20 Å². The minimum atomic E-state index is 0.746. The number of rotatable bonds is 6. The van der Waals surface area contributed by atoms with Crippen LogP contribution in [0.1, 0.15) is 46.0 Å². The molecule has 1 aliphatic carbocycles. The van der Waals surface area contributed by atoms with Crippen molar-refractivity contribution in [1.82, 2.24) is 20.3 Å². The average Bonchev–Trinajstić information content (AvgIpc) is 2.88. The van der Waals surface area contributed by atoms with E-state index < -0.39 is 0 Å². The number of hydrogen-bond donors (Lipinski definition) is 1. The second kappa shape index (κ2) is 6.88. The molecular formula is C14H26N4. The summed E-state index contributed by atoms with van der Waals surface area (Å²) in [5.41, 5.74) is 0. The maximum Gasteiger partial charge on any atom is 0.0692 e. The summed E-state index contributed by atoms with van der Waals surface area (Å²) in [4.78, 5) is 0. The van der Waals surface area contributed by atoms with Gasteiger partial charge < -0.3 is 5.32 Å². The van der Waals surface area contributed by atoms with Gasteiger partial charge >= 0.3 is 0 Å². The number of hydrogen-bond acceptors (Lipinski definition) is 3. The first-order valence-electron chi connectivity index (χ1n) is 7.33. The normalized spacial score (nSPS) is 24.6. The molecule has 1 fully saturated rings. The van der Waals surface area contributed by atoms with Crippen LogP contribution in [0.4, 0.5) is 0 Å². The lowest BCUT2D eigenvalue weighted by Crippen LogP contribution is -2.35. The van der Waals surface area contributed by atoms with Crippen molar-refractivity contribution in [3.8, 4) is 0 Å². The summed E-state index contributed by atoms with van der Waals surface area (Å²) in [6.45, 7) is 6.78. The van der Waals surface area contributed by atoms with Gasteiger partial charge in [0.15, 0.2) is 0 Å². The summed E-state index contributed by atoms with van der Waals surface area (Å²) >= 11 is 0. The molecule has 102 valence electrons. The van der Waals surface area contributed by atoms with Crippen LogP contribution in [0.25, 0.3) is 0 Å². The third kappa shape index (κ3) is 4.09. The lowest BCUT2D eigenvalue weighted by molar-refractivity contribution is 0.238. The van der Waals surface area contributed by atoms with Crippen molar-refractivity contribution < 1.29 is 0 Å². The molecule has 0 radical (unpaired) electrons. The molecule has 1 aromatic heterocycles. The molecule has 18 heavy (non-hydrogen) atoms. The van der Waals surface area contributed by atoms with E-state index in [0.717, 1.165) is 37.4 Å². The SMILES string of the molecule is CC(C)C1CCC(NCCCn2ccnn2)CC1. The second-order valence-electron chi connectivity index (χ2n) is 5.83. The van der Waals surface area contributed by atoms with E-state index in [-0.39, 0.29) is 0 Å². The predicted octanol–water partition coefficient (Wildman–Crippen LogP) is 2.47. The largest absolute Gasteiger partial charge is 0.314 e. The maximum absolute atomic E-state index is 3.97. The lowest BCUT2D eigenvalue weighted by atomic mass is 9.80. The number of aryl methyl sites for hydroxylation is 1. The van der Waals surface area contributed by atoms with Gasteiger partial charge in [-0.2, -0.15) is 0 Å². The van der Waals surface area contributed by atoms with Crippen LogP contribution in [0.15, 0.2) is 12.4 Å². The molecule has 0 saturated heterocycles. The van der Waals surface area contributed by atoms with E-state index in [0.29, 0.717) is 0 Å². The molecule has 0 bridgehead atoms. The highest BCUT2D eigenvalue weighted by Crippen LogP contribution is 2.29. The van der Waals surface area contributed by atoms with Gasteiger partial charge in [0.2, 0.25) is 0 Å². The van der Waals surface area contributed by atoms with Crippen molar-refractivity contribution in [3.63, 3.8) is 0 Å². The average molecular weight is 250 g/mol. The van der Waals surface area contributed by atoms with Gasteiger partial charge in [0.1, 0.15) is 0 Å². The van der Waals surface area contributed by atoms with E-state index in [2.05, 4.69) is 29.5 Å². The number of aromatic nitrogens is 3. The molecule has 0 atom stereocenters. The molecule has 1 saturated carbocycles. The summed E-state index contributed by atoms with van der Waals surface area (Å²) < 4.78 is 1.90. The lowest BCUT2D eigenvalue weighted by Gasteiger charge is -2.31. The Labute approximate surface area is 110 Å². The van der Waals surface area contributed by atoms with E-state index in [1.165, 1.54) is 25.7 Å². The summed E-state index contributed by atoms with van der Waals surface area (Å²) in [6, 6.07) is 0.746. The summed E-state index contributed by atoms with van der Waals surface area (Å²) in [5.74, 6) is 1.82. The highest BCUT2D eigenvalue weighted by molar-refractivity contribution is 4.78. The first-order valence-corrected chi connectivity index (χ1v) is 7.33. The van der Waals surface area contributed by atoms with Crippen molar-refractivity contribution in [2.45, 2.75) is 58.5 Å². The molecule has 2 rings (SSSR count). The standard InChI is InChI=1S/C14H26N4/c1-12(2)13-4-6-14(7-5-13)15-8-3-10-18-11-9-16-17-18/h9,11-15H,3-8,10H2,1-2H3. The van der Waals surface area contributed by atoms with Crippen LogP contribution < -0.4 is 5.32 Å². The van der Waals surface area contributed by atoms with Gasteiger partial charge in [0.05, 0.1) is 6.20 Å². The Hall–Kier alpha value is -0.900. The Kier molecular flexibility index (Phi) is 5.17. The maximum atomic E-state index is 3.97. The zero-order chi connectivity index (χ0) is 12.8. The monoisotopic (exact) mass is 250 g/mol. The van der Waals surface area contributed by atoms with Crippen molar-refractivity contribution in [1.29, 1.82) is 0 Å². The zero-order valence-electron chi connectivity index (χ0n) is 11.7. The van der Waals surface area contributed by atoms with Gasteiger partial charge in [0.25, 0.3) is 0 Å². The summed E-state index contributed by atoms with van der Waals surface area (Å²) in [6.07, 6.45) is 10.3. The van der Waals surface area contributed by atoms with Crippen LogP contribution in [-0.2, 0) is 6.54 Å². The van der Waals surface area contributed by atoms with E-state index >= 15 is 0 Å². The Morgan fingerprint density at radius 2 is 2.06 bits per heavy atom. The second-order valence-corrected chi connectivity index (χ2v) is 5.83. The Morgan fingerprint density at radius 3 is 2.67 bits per heavy atom. The van der Waals surface area contributed by atoms with Gasteiger partial charge in [-0.25, -0.2) is 0 Å². The van der Waals surface area contributed by atoms with Crippen molar-refractivity contribution in [2.75, 3.05) is 6.54 Å². The van der Waals surface area contributed by atoms with Crippen molar-refractivity contribution in [3.05, 3.63) is 12.4 Å². The van der Waals surface area contributed by atoms with Crippen LogP contribution >= 0.6 is 0 Å². The molecule has 0 unspecified atom stereocenters. The first kappa shape index (κ1) is 13.5. The van der Waals surface area contributed by atoms with Gasteiger partial charge in [0, 0.05) is 18.8 Å². The fourth-order valence-corrected chi connectivity index (χ4v) is 2.89. The highest BCUT2D eigenvalue weighted by atomic mass is 15.4. The zero-order valence-corrected chi connectivity index (χ0v) is 11.7. The highest BCUT2D eigenvalue weighted by Gasteiger charge is 2.22. The van der Waals surface area contributed by atoms with Crippen LogP contribution in [0.5, 0.6) is 0 Å². The number of nitrogens with zero attached hydrogens (tertiary/aromatic N) is 3.